The van der Waals surface area contributed by atoms with Crippen molar-refractivity contribution < 1.29 is 32.6 Å². The van der Waals surface area contributed by atoms with E-state index in [1.165, 1.54) is 0 Å². The van der Waals surface area contributed by atoms with E-state index < -0.39 is 37.3 Å². The normalized spacial score (nSPS) is 20.5. The Kier molecular flexibility index (Phi) is 5.61. The Labute approximate surface area is 113 Å². The van der Waals surface area contributed by atoms with E-state index in [0.29, 0.717) is 13.0 Å². The van der Waals surface area contributed by atoms with E-state index in [4.69, 9.17) is 9.84 Å². The maximum Gasteiger partial charge on any atom is 0.406 e. The Balaban J connectivity index is 2.59. The SMILES string of the molecule is CC(NC(=O)N(CC(=O)O)CC(F)(F)F)C1CCCO1. The predicted molar refractivity (Wildman–Crippen MR) is 62.2 cm³/mol. The second-order valence-electron chi connectivity index (χ2n) is 4.65. The van der Waals surface area contributed by atoms with Crippen molar-refractivity contribution >= 4 is 12.0 Å². The molecule has 0 radical (unpaired) electrons. The lowest BCUT2D eigenvalue weighted by molar-refractivity contribution is -0.149. The first-order valence-corrected chi connectivity index (χ1v) is 6.14. The smallest absolute Gasteiger partial charge is 0.406 e. The van der Waals surface area contributed by atoms with Crippen molar-refractivity contribution in [1.29, 1.82) is 0 Å². The molecule has 1 rings (SSSR count). The predicted octanol–water partition coefficient (Wildman–Crippen LogP) is 1.21. The van der Waals surface area contributed by atoms with Crippen LogP contribution in [0.25, 0.3) is 0 Å². The number of rotatable bonds is 5. The van der Waals surface area contributed by atoms with Crippen molar-refractivity contribution in [1.82, 2.24) is 10.2 Å². The van der Waals surface area contributed by atoms with Gasteiger partial charge >= 0.3 is 18.2 Å². The minimum Gasteiger partial charge on any atom is -0.480 e. The molecule has 6 nitrogen and oxygen atoms in total. The summed E-state index contributed by atoms with van der Waals surface area (Å²) in [5.74, 6) is -1.51. The summed E-state index contributed by atoms with van der Waals surface area (Å²) in [7, 11) is 0. The van der Waals surface area contributed by atoms with Crippen molar-refractivity contribution in [3.05, 3.63) is 0 Å². The fourth-order valence-electron chi connectivity index (χ4n) is 1.96. The van der Waals surface area contributed by atoms with Gasteiger partial charge in [0.25, 0.3) is 0 Å². The molecule has 9 heteroatoms. The number of halogens is 3. The number of aliphatic carboxylic acids is 1. The Bertz CT molecular complexity index is 356. The molecule has 20 heavy (non-hydrogen) atoms. The largest absolute Gasteiger partial charge is 0.480 e. The van der Waals surface area contributed by atoms with Gasteiger partial charge < -0.3 is 20.1 Å². The maximum atomic E-state index is 12.3. The van der Waals surface area contributed by atoms with Crippen molar-refractivity contribution in [3.63, 3.8) is 0 Å². The van der Waals surface area contributed by atoms with Crippen molar-refractivity contribution in [3.8, 4) is 0 Å². The summed E-state index contributed by atoms with van der Waals surface area (Å²) in [4.78, 5) is 22.5. The average Bonchev–Trinajstić information content (AvgIpc) is 2.78. The summed E-state index contributed by atoms with van der Waals surface area (Å²) in [6.07, 6.45) is -3.37. The molecule has 1 fully saturated rings. The van der Waals surface area contributed by atoms with Gasteiger partial charge in [0.05, 0.1) is 12.1 Å². The number of alkyl halides is 3. The van der Waals surface area contributed by atoms with E-state index in [-0.39, 0.29) is 11.0 Å². The third kappa shape index (κ3) is 5.64. The third-order valence-corrected chi connectivity index (χ3v) is 2.86. The van der Waals surface area contributed by atoms with E-state index in [2.05, 4.69) is 5.32 Å². The van der Waals surface area contributed by atoms with Gasteiger partial charge in [-0.05, 0) is 19.8 Å². The van der Waals surface area contributed by atoms with Crippen LogP contribution in [-0.2, 0) is 9.53 Å². The summed E-state index contributed by atoms with van der Waals surface area (Å²) in [6, 6.07) is -1.54. The number of hydrogen-bond acceptors (Lipinski definition) is 3. The fraction of sp³-hybridized carbons (Fsp3) is 0.818. The standard InChI is InChI=1S/C11H17F3N2O4/c1-7(8-3-2-4-20-8)15-10(19)16(5-9(17)18)6-11(12,13)14/h7-8H,2-6H2,1H3,(H,15,19)(H,17,18). The highest BCUT2D eigenvalue weighted by Gasteiger charge is 2.35. The number of carbonyl (C=O) groups is 2. The van der Waals surface area contributed by atoms with Crippen LogP contribution in [0, 0.1) is 0 Å². The Hall–Kier alpha value is -1.51. The van der Waals surface area contributed by atoms with Crippen LogP contribution in [0.2, 0.25) is 0 Å². The fourth-order valence-corrected chi connectivity index (χ4v) is 1.96. The number of nitrogens with one attached hydrogen (secondary N) is 1. The molecule has 1 saturated heterocycles. The number of carboxylic acid groups (broad SMARTS) is 1. The molecule has 0 aromatic heterocycles. The number of hydrogen-bond donors (Lipinski definition) is 2. The summed E-state index contributed by atoms with van der Waals surface area (Å²) in [5.41, 5.74) is 0. The quantitative estimate of drug-likeness (QED) is 0.799. The first-order valence-electron chi connectivity index (χ1n) is 6.14. The van der Waals surface area contributed by atoms with Gasteiger partial charge in [0, 0.05) is 6.61 Å². The van der Waals surface area contributed by atoms with E-state index in [1.807, 2.05) is 0 Å². The lowest BCUT2D eigenvalue weighted by Crippen LogP contribution is -2.51. The molecule has 0 spiro atoms. The molecular weight excluding hydrogens is 281 g/mol. The van der Waals surface area contributed by atoms with Gasteiger partial charge in [0.15, 0.2) is 0 Å². The lowest BCUT2D eigenvalue weighted by Gasteiger charge is -2.26. The van der Waals surface area contributed by atoms with Crippen LogP contribution in [0.5, 0.6) is 0 Å². The topological polar surface area (TPSA) is 78.9 Å². The van der Waals surface area contributed by atoms with Gasteiger partial charge in [-0.2, -0.15) is 13.2 Å². The molecule has 0 aliphatic carbocycles. The van der Waals surface area contributed by atoms with Crippen LogP contribution in [0.15, 0.2) is 0 Å². The molecule has 0 bridgehead atoms. The number of ether oxygens (including phenoxy) is 1. The monoisotopic (exact) mass is 298 g/mol. The molecular formula is C11H17F3N2O4. The highest BCUT2D eigenvalue weighted by molar-refractivity contribution is 5.80. The maximum absolute atomic E-state index is 12.3. The molecule has 0 aromatic carbocycles. The van der Waals surface area contributed by atoms with E-state index in [1.54, 1.807) is 6.92 Å². The zero-order valence-electron chi connectivity index (χ0n) is 10.9. The van der Waals surface area contributed by atoms with Gasteiger partial charge in [0.1, 0.15) is 13.1 Å². The number of amides is 2. The molecule has 2 atom stereocenters. The minimum absolute atomic E-state index is 0.216. The number of carboxylic acids is 1. The average molecular weight is 298 g/mol. The molecule has 116 valence electrons. The van der Waals surface area contributed by atoms with Gasteiger partial charge in [-0.15, -0.1) is 0 Å². The minimum atomic E-state index is -4.65. The van der Waals surface area contributed by atoms with Crippen molar-refractivity contribution in [2.45, 2.75) is 38.1 Å². The first-order chi connectivity index (χ1) is 9.19. The molecule has 1 heterocycles. The molecule has 1 aliphatic heterocycles. The number of urea groups is 1. The van der Waals surface area contributed by atoms with Gasteiger partial charge in [0.2, 0.25) is 0 Å². The van der Waals surface area contributed by atoms with Gasteiger partial charge in [-0.25, -0.2) is 4.79 Å². The zero-order chi connectivity index (χ0) is 15.3. The Morgan fingerprint density at radius 2 is 2.15 bits per heavy atom. The second-order valence-corrected chi connectivity index (χ2v) is 4.65. The van der Waals surface area contributed by atoms with Crippen LogP contribution in [0.3, 0.4) is 0 Å². The zero-order valence-corrected chi connectivity index (χ0v) is 10.9. The van der Waals surface area contributed by atoms with Crippen LogP contribution in [-0.4, -0.2) is 60.0 Å². The molecule has 1 aliphatic rings. The molecule has 0 saturated carbocycles. The van der Waals surface area contributed by atoms with Gasteiger partial charge in [-0.1, -0.05) is 0 Å². The second kappa shape index (κ2) is 6.78. The van der Waals surface area contributed by atoms with Gasteiger partial charge in [-0.3, -0.25) is 4.79 Å². The molecule has 2 amide bonds. The summed E-state index contributed by atoms with van der Waals surface area (Å²) in [6.45, 7) is -0.459. The third-order valence-electron chi connectivity index (χ3n) is 2.86. The molecule has 2 N–H and O–H groups in total. The first kappa shape index (κ1) is 16.5. The van der Waals surface area contributed by atoms with Crippen molar-refractivity contribution in [2.75, 3.05) is 19.7 Å². The molecule has 2 unspecified atom stereocenters. The highest BCUT2D eigenvalue weighted by atomic mass is 19.4. The number of carbonyl (C=O) groups excluding carboxylic acids is 1. The molecule has 0 aromatic rings. The van der Waals surface area contributed by atoms with E-state index in [9.17, 15) is 22.8 Å². The van der Waals surface area contributed by atoms with Crippen molar-refractivity contribution in [2.24, 2.45) is 0 Å². The number of nitrogens with zero attached hydrogens (tertiary/aromatic N) is 1. The van der Waals surface area contributed by atoms with Crippen LogP contribution < -0.4 is 5.32 Å². The van der Waals surface area contributed by atoms with E-state index >= 15 is 0 Å². The van der Waals surface area contributed by atoms with Crippen LogP contribution in [0.4, 0.5) is 18.0 Å². The van der Waals surface area contributed by atoms with E-state index in [0.717, 1.165) is 6.42 Å². The summed E-state index contributed by atoms with van der Waals surface area (Å²) >= 11 is 0. The van der Waals surface area contributed by atoms with Crippen LogP contribution >= 0.6 is 0 Å². The Morgan fingerprint density at radius 1 is 1.50 bits per heavy atom. The summed E-state index contributed by atoms with van der Waals surface area (Å²) in [5, 5.41) is 10.9. The Morgan fingerprint density at radius 3 is 2.60 bits per heavy atom. The highest BCUT2D eigenvalue weighted by Crippen LogP contribution is 2.18. The van der Waals surface area contributed by atoms with Crippen LogP contribution in [0.1, 0.15) is 19.8 Å². The lowest BCUT2D eigenvalue weighted by atomic mass is 10.1. The summed E-state index contributed by atoms with van der Waals surface area (Å²) < 4.78 is 42.3.